The lowest BCUT2D eigenvalue weighted by Gasteiger charge is -2.05. The highest BCUT2D eigenvalue weighted by Gasteiger charge is 2.06. The summed E-state index contributed by atoms with van der Waals surface area (Å²) in [7, 11) is 0. The number of aliphatic hydroxyl groups excluding tert-OH is 1. The average Bonchev–Trinajstić information content (AvgIpc) is 2.36. The molecule has 3 N–H and O–H groups in total. The zero-order valence-electron chi connectivity index (χ0n) is 5.96. The highest BCUT2D eigenvalue weighted by Crippen LogP contribution is 2.24. The maximum Gasteiger partial charge on any atom is 0.0931 e. The van der Waals surface area contributed by atoms with Crippen LogP contribution in [-0.4, -0.2) is 11.7 Å². The second-order valence-corrected chi connectivity index (χ2v) is 3.85. The van der Waals surface area contributed by atoms with Crippen LogP contribution in [0.4, 0.5) is 0 Å². The van der Waals surface area contributed by atoms with E-state index >= 15 is 0 Å². The van der Waals surface area contributed by atoms with E-state index in [0.717, 1.165) is 9.90 Å². The molecule has 1 rings (SSSR count). The number of aliphatic hydroxyl groups is 1. The van der Waals surface area contributed by atoms with Crippen LogP contribution in [0.3, 0.4) is 0 Å². The van der Waals surface area contributed by atoms with Crippen LogP contribution in [-0.2, 0) is 0 Å². The lowest BCUT2D eigenvalue weighted by Crippen LogP contribution is -2.10. The lowest BCUT2D eigenvalue weighted by atomic mass is 10.1. The number of hydrogen-bond donors (Lipinski definition) is 2. The van der Waals surface area contributed by atoms with E-state index in [2.05, 4.69) is 0 Å². The quantitative estimate of drug-likeness (QED) is 0.765. The largest absolute Gasteiger partial charge is 0.396 e. The third-order valence-electron chi connectivity index (χ3n) is 1.46. The van der Waals surface area contributed by atoms with Crippen molar-refractivity contribution in [3.8, 4) is 0 Å². The summed E-state index contributed by atoms with van der Waals surface area (Å²) in [5, 5.41) is 10.5. The minimum Gasteiger partial charge on any atom is -0.396 e. The van der Waals surface area contributed by atoms with Crippen molar-refractivity contribution < 1.29 is 5.11 Å². The maximum atomic E-state index is 8.60. The second-order valence-electron chi connectivity index (χ2n) is 2.30. The van der Waals surface area contributed by atoms with E-state index in [1.807, 2.05) is 11.4 Å². The van der Waals surface area contributed by atoms with Gasteiger partial charge in [0.05, 0.1) is 4.34 Å². The van der Waals surface area contributed by atoms with Crippen LogP contribution in [0.5, 0.6) is 0 Å². The van der Waals surface area contributed by atoms with Crippen molar-refractivity contribution in [2.75, 3.05) is 6.61 Å². The number of nitrogens with two attached hydrogens (primary N) is 1. The first-order chi connectivity index (χ1) is 5.24. The fraction of sp³-hybridized carbons (Fsp3) is 0.429. The molecule has 0 bridgehead atoms. The van der Waals surface area contributed by atoms with Gasteiger partial charge in [0.1, 0.15) is 0 Å². The van der Waals surface area contributed by atoms with Gasteiger partial charge >= 0.3 is 0 Å². The van der Waals surface area contributed by atoms with Crippen molar-refractivity contribution in [3.63, 3.8) is 0 Å². The second kappa shape index (κ2) is 4.07. The summed E-state index contributed by atoms with van der Waals surface area (Å²) >= 11 is 7.17. The van der Waals surface area contributed by atoms with Crippen LogP contribution in [0.25, 0.3) is 0 Å². The van der Waals surface area contributed by atoms with Crippen molar-refractivity contribution in [3.05, 3.63) is 21.3 Å². The minimum absolute atomic E-state index is 0.0799. The molecule has 1 aromatic rings. The Morgan fingerprint density at radius 2 is 2.45 bits per heavy atom. The normalized spacial score (nSPS) is 13.4. The minimum atomic E-state index is -0.0799. The molecule has 0 fully saturated rings. The highest BCUT2D eigenvalue weighted by atomic mass is 35.5. The topological polar surface area (TPSA) is 46.2 Å². The van der Waals surface area contributed by atoms with Gasteiger partial charge in [-0.3, -0.25) is 0 Å². The smallest absolute Gasteiger partial charge is 0.0931 e. The van der Waals surface area contributed by atoms with E-state index < -0.39 is 0 Å². The molecular formula is C7H10ClNOS. The maximum absolute atomic E-state index is 8.60. The van der Waals surface area contributed by atoms with Crippen LogP contribution in [0.1, 0.15) is 18.0 Å². The molecule has 4 heteroatoms. The first-order valence-corrected chi connectivity index (χ1v) is 4.60. The van der Waals surface area contributed by atoms with Gasteiger partial charge in [0.15, 0.2) is 0 Å². The van der Waals surface area contributed by atoms with E-state index in [-0.39, 0.29) is 12.6 Å². The molecule has 11 heavy (non-hydrogen) atoms. The van der Waals surface area contributed by atoms with Gasteiger partial charge in [-0.2, -0.15) is 0 Å². The van der Waals surface area contributed by atoms with Gasteiger partial charge in [0, 0.05) is 12.6 Å². The van der Waals surface area contributed by atoms with Crippen LogP contribution in [0, 0.1) is 0 Å². The summed E-state index contributed by atoms with van der Waals surface area (Å²) in [6, 6.07) is 1.76. The third kappa shape index (κ3) is 2.45. The Balaban J connectivity index is 2.60. The Kier molecular flexibility index (Phi) is 3.33. The molecule has 0 saturated carbocycles. The monoisotopic (exact) mass is 191 g/mol. The molecule has 0 spiro atoms. The van der Waals surface area contributed by atoms with E-state index in [1.54, 1.807) is 0 Å². The van der Waals surface area contributed by atoms with E-state index in [1.165, 1.54) is 11.3 Å². The van der Waals surface area contributed by atoms with Crippen LogP contribution >= 0.6 is 22.9 Å². The lowest BCUT2D eigenvalue weighted by molar-refractivity contribution is 0.276. The van der Waals surface area contributed by atoms with Gasteiger partial charge in [-0.1, -0.05) is 11.6 Å². The Morgan fingerprint density at radius 1 is 1.73 bits per heavy atom. The molecule has 1 aromatic heterocycles. The fourth-order valence-electron chi connectivity index (χ4n) is 0.824. The molecule has 2 nitrogen and oxygen atoms in total. The molecule has 0 aliphatic rings. The van der Waals surface area contributed by atoms with E-state index in [0.29, 0.717) is 6.42 Å². The number of thiophene rings is 1. The average molecular weight is 192 g/mol. The highest BCUT2D eigenvalue weighted by molar-refractivity contribution is 7.14. The summed E-state index contributed by atoms with van der Waals surface area (Å²) in [5.41, 5.74) is 6.72. The predicted octanol–water partition coefficient (Wildman–Crippen LogP) is 1.78. The summed E-state index contributed by atoms with van der Waals surface area (Å²) in [6.45, 7) is 0.120. The first-order valence-electron chi connectivity index (χ1n) is 3.34. The summed E-state index contributed by atoms with van der Waals surface area (Å²) in [6.07, 6.45) is 0.590. The molecule has 0 amide bonds. The molecule has 1 unspecified atom stereocenters. The Labute approximate surface area is 74.6 Å². The van der Waals surface area contributed by atoms with Crippen molar-refractivity contribution in [1.29, 1.82) is 0 Å². The summed E-state index contributed by atoms with van der Waals surface area (Å²) < 4.78 is 0.744. The summed E-state index contributed by atoms with van der Waals surface area (Å²) in [4.78, 5) is 0. The van der Waals surface area contributed by atoms with Gasteiger partial charge in [-0.25, -0.2) is 0 Å². The zero-order chi connectivity index (χ0) is 8.27. The van der Waals surface area contributed by atoms with Crippen LogP contribution in [0.15, 0.2) is 11.4 Å². The Morgan fingerprint density at radius 3 is 2.91 bits per heavy atom. The molecule has 0 radical (unpaired) electrons. The van der Waals surface area contributed by atoms with Crippen molar-refractivity contribution in [1.82, 2.24) is 0 Å². The molecule has 0 aliphatic heterocycles. The molecule has 1 heterocycles. The van der Waals surface area contributed by atoms with Gasteiger partial charge in [-0.05, 0) is 23.4 Å². The van der Waals surface area contributed by atoms with Crippen molar-refractivity contribution >= 4 is 22.9 Å². The molecular weight excluding hydrogens is 182 g/mol. The molecule has 1 atom stereocenters. The predicted molar refractivity (Wildman–Crippen MR) is 48.0 cm³/mol. The van der Waals surface area contributed by atoms with Crippen LogP contribution in [0.2, 0.25) is 4.34 Å². The van der Waals surface area contributed by atoms with Crippen molar-refractivity contribution in [2.24, 2.45) is 5.73 Å². The summed E-state index contributed by atoms with van der Waals surface area (Å²) in [5.74, 6) is 0. The van der Waals surface area contributed by atoms with Gasteiger partial charge in [0.2, 0.25) is 0 Å². The SMILES string of the molecule is NC(CCO)c1csc(Cl)c1. The number of hydrogen-bond acceptors (Lipinski definition) is 3. The number of rotatable bonds is 3. The van der Waals surface area contributed by atoms with Gasteiger partial charge < -0.3 is 10.8 Å². The third-order valence-corrected chi connectivity index (χ3v) is 2.57. The first kappa shape index (κ1) is 9.00. The molecule has 0 saturated heterocycles. The standard InChI is InChI=1S/C7H10ClNOS/c8-7-3-5(4-11-7)6(9)1-2-10/h3-4,6,10H,1-2,9H2. The molecule has 0 aliphatic carbocycles. The molecule has 62 valence electrons. The van der Waals surface area contributed by atoms with E-state index in [4.69, 9.17) is 22.4 Å². The van der Waals surface area contributed by atoms with Crippen LogP contribution < -0.4 is 5.73 Å². The number of halogens is 1. The Bertz CT molecular complexity index is 226. The van der Waals surface area contributed by atoms with E-state index in [9.17, 15) is 0 Å². The fourth-order valence-corrected chi connectivity index (χ4v) is 1.78. The zero-order valence-corrected chi connectivity index (χ0v) is 7.53. The van der Waals surface area contributed by atoms with Gasteiger partial charge in [0.25, 0.3) is 0 Å². The Hall–Kier alpha value is -0.0900. The molecule has 0 aromatic carbocycles. The van der Waals surface area contributed by atoms with Gasteiger partial charge in [-0.15, -0.1) is 11.3 Å². The van der Waals surface area contributed by atoms with Crippen molar-refractivity contribution in [2.45, 2.75) is 12.5 Å².